The van der Waals surface area contributed by atoms with E-state index in [1.54, 1.807) is 11.3 Å². The summed E-state index contributed by atoms with van der Waals surface area (Å²) in [5.41, 5.74) is 2.22. The fourth-order valence-electron chi connectivity index (χ4n) is 2.35. The van der Waals surface area contributed by atoms with Gasteiger partial charge in [-0.05, 0) is 43.8 Å². The third-order valence-corrected chi connectivity index (χ3v) is 4.58. The Bertz CT molecular complexity index is 592. The third kappa shape index (κ3) is 4.02. The predicted octanol–water partition coefficient (Wildman–Crippen LogP) is 3.21. The number of aromatic nitrogens is 1. The standard InChI is InChI=1S/C16H23N3OS/c1-4-19(5-2)16(20)6-8-17-12(3)13-10-15-14(18-11-13)7-9-21-15/h7,9-12,17H,4-6,8H2,1-3H3. The van der Waals surface area contributed by atoms with Gasteiger partial charge in [0.2, 0.25) is 5.91 Å². The maximum Gasteiger partial charge on any atom is 0.223 e. The number of fused-ring (bicyclic) bond motifs is 1. The van der Waals surface area contributed by atoms with E-state index in [-0.39, 0.29) is 11.9 Å². The van der Waals surface area contributed by atoms with E-state index in [0.717, 1.165) is 18.6 Å². The maximum absolute atomic E-state index is 11.9. The Morgan fingerprint density at radius 1 is 1.43 bits per heavy atom. The summed E-state index contributed by atoms with van der Waals surface area (Å²) in [5.74, 6) is 0.214. The molecule has 5 heteroatoms. The van der Waals surface area contributed by atoms with E-state index in [4.69, 9.17) is 0 Å². The molecule has 0 aliphatic carbocycles. The lowest BCUT2D eigenvalue weighted by atomic mass is 10.1. The summed E-state index contributed by atoms with van der Waals surface area (Å²) in [6, 6.07) is 4.41. The molecular weight excluding hydrogens is 282 g/mol. The molecule has 2 heterocycles. The van der Waals surface area contributed by atoms with Crippen LogP contribution in [-0.4, -0.2) is 35.4 Å². The molecule has 0 bridgehead atoms. The number of nitrogens with zero attached hydrogens (tertiary/aromatic N) is 2. The lowest BCUT2D eigenvalue weighted by molar-refractivity contribution is -0.130. The van der Waals surface area contributed by atoms with E-state index < -0.39 is 0 Å². The molecule has 114 valence electrons. The van der Waals surface area contributed by atoms with Crippen LogP contribution in [0.3, 0.4) is 0 Å². The second-order valence-corrected chi connectivity index (χ2v) is 6.01. The number of amides is 1. The molecule has 0 aliphatic rings. The van der Waals surface area contributed by atoms with Crippen molar-refractivity contribution < 1.29 is 4.79 Å². The molecule has 2 rings (SSSR count). The second-order valence-electron chi connectivity index (χ2n) is 5.06. The fraction of sp³-hybridized carbons (Fsp3) is 0.500. The highest BCUT2D eigenvalue weighted by molar-refractivity contribution is 7.17. The summed E-state index contributed by atoms with van der Waals surface area (Å²) in [4.78, 5) is 18.3. The van der Waals surface area contributed by atoms with Gasteiger partial charge in [0.05, 0.1) is 10.2 Å². The molecule has 0 fully saturated rings. The molecule has 0 radical (unpaired) electrons. The third-order valence-electron chi connectivity index (χ3n) is 3.73. The van der Waals surface area contributed by atoms with Crippen molar-refractivity contribution in [1.82, 2.24) is 15.2 Å². The van der Waals surface area contributed by atoms with Crippen LogP contribution in [0.4, 0.5) is 0 Å². The highest BCUT2D eigenvalue weighted by Gasteiger charge is 2.11. The monoisotopic (exact) mass is 305 g/mol. The average Bonchev–Trinajstić information content (AvgIpc) is 2.95. The Morgan fingerprint density at radius 3 is 2.90 bits per heavy atom. The van der Waals surface area contributed by atoms with Gasteiger partial charge in [0.1, 0.15) is 0 Å². The van der Waals surface area contributed by atoms with Crippen LogP contribution in [-0.2, 0) is 4.79 Å². The lowest BCUT2D eigenvalue weighted by Gasteiger charge is -2.19. The van der Waals surface area contributed by atoms with E-state index in [2.05, 4.69) is 28.7 Å². The van der Waals surface area contributed by atoms with E-state index in [9.17, 15) is 4.79 Å². The molecule has 0 aliphatic heterocycles. The molecule has 1 unspecified atom stereocenters. The van der Waals surface area contributed by atoms with Crippen molar-refractivity contribution in [3.8, 4) is 0 Å². The van der Waals surface area contributed by atoms with Gasteiger partial charge in [-0.1, -0.05) is 0 Å². The van der Waals surface area contributed by atoms with Gasteiger partial charge in [-0.15, -0.1) is 11.3 Å². The number of carbonyl (C=O) groups excluding carboxylic acids is 1. The number of rotatable bonds is 7. The van der Waals surface area contributed by atoms with Gasteiger partial charge >= 0.3 is 0 Å². The van der Waals surface area contributed by atoms with Crippen LogP contribution in [0.2, 0.25) is 0 Å². The van der Waals surface area contributed by atoms with Crippen LogP contribution in [0.5, 0.6) is 0 Å². The fourth-order valence-corrected chi connectivity index (χ4v) is 3.14. The molecule has 4 nitrogen and oxygen atoms in total. The minimum atomic E-state index is 0.202. The molecule has 0 saturated heterocycles. The molecule has 1 N–H and O–H groups in total. The molecule has 0 saturated carbocycles. The van der Waals surface area contributed by atoms with Crippen LogP contribution in [0.25, 0.3) is 10.2 Å². The summed E-state index contributed by atoms with van der Waals surface area (Å²) in [7, 11) is 0. The van der Waals surface area contributed by atoms with Crippen molar-refractivity contribution in [2.75, 3.05) is 19.6 Å². The summed E-state index contributed by atoms with van der Waals surface area (Å²) in [6.07, 6.45) is 2.46. The molecule has 2 aromatic heterocycles. The number of hydrogen-bond acceptors (Lipinski definition) is 4. The van der Waals surface area contributed by atoms with Gasteiger partial charge in [0.25, 0.3) is 0 Å². The molecule has 0 aromatic carbocycles. The van der Waals surface area contributed by atoms with Gasteiger partial charge in [-0.2, -0.15) is 0 Å². The first-order valence-electron chi connectivity index (χ1n) is 7.50. The Balaban J connectivity index is 1.86. The summed E-state index contributed by atoms with van der Waals surface area (Å²) in [6.45, 7) is 8.39. The normalized spacial score (nSPS) is 12.5. The summed E-state index contributed by atoms with van der Waals surface area (Å²) < 4.78 is 1.21. The summed E-state index contributed by atoms with van der Waals surface area (Å²) in [5, 5.41) is 5.46. The molecule has 21 heavy (non-hydrogen) atoms. The SMILES string of the molecule is CCN(CC)C(=O)CCNC(C)c1cnc2ccsc2c1. The van der Waals surface area contributed by atoms with Crippen molar-refractivity contribution in [2.45, 2.75) is 33.2 Å². The van der Waals surface area contributed by atoms with Crippen LogP contribution in [0.15, 0.2) is 23.7 Å². The lowest BCUT2D eigenvalue weighted by Crippen LogP contribution is -2.33. The first-order valence-corrected chi connectivity index (χ1v) is 8.38. The van der Waals surface area contributed by atoms with Crippen molar-refractivity contribution >= 4 is 27.5 Å². The first-order chi connectivity index (χ1) is 10.2. The van der Waals surface area contributed by atoms with Gasteiger partial charge in [-0.25, -0.2) is 0 Å². The van der Waals surface area contributed by atoms with Crippen LogP contribution in [0.1, 0.15) is 38.8 Å². The van der Waals surface area contributed by atoms with Crippen LogP contribution in [0, 0.1) is 0 Å². The smallest absolute Gasteiger partial charge is 0.223 e. The maximum atomic E-state index is 11.9. The quantitative estimate of drug-likeness (QED) is 0.854. The number of nitrogens with one attached hydrogen (secondary N) is 1. The Morgan fingerprint density at radius 2 is 2.19 bits per heavy atom. The first kappa shape index (κ1) is 15.9. The zero-order chi connectivity index (χ0) is 15.2. The Labute approximate surface area is 130 Å². The summed E-state index contributed by atoms with van der Waals surface area (Å²) >= 11 is 1.71. The van der Waals surface area contributed by atoms with Gasteiger partial charge < -0.3 is 10.2 Å². The number of pyridine rings is 1. The minimum absolute atomic E-state index is 0.202. The molecule has 2 aromatic rings. The molecule has 0 spiro atoms. The Kier molecular flexibility index (Phi) is 5.70. The topological polar surface area (TPSA) is 45.2 Å². The number of carbonyl (C=O) groups is 1. The van der Waals surface area contributed by atoms with E-state index >= 15 is 0 Å². The van der Waals surface area contributed by atoms with Gasteiger partial charge in [0, 0.05) is 38.3 Å². The van der Waals surface area contributed by atoms with Gasteiger partial charge in [-0.3, -0.25) is 9.78 Å². The van der Waals surface area contributed by atoms with Crippen LogP contribution < -0.4 is 5.32 Å². The zero-order valence-corrected chi connectivity index (χ0v) is 13.7. The van der Waals surface area contributed by atoms with E-state index in [0.29, 0.717) is 13.0 Å². The van der Waals surface area contributed by atoms with Crippen molar-refractivity contribution in [3.63, 3.8) is 0 Å². The van der Waals surface area contributed by atoms with Crippen molar-refractivity contribution in [3.05, 3.63) is 29.3 Å². The van der Waals surface area contributed by atoms with E-state index in [1.165, 1.54) is 10.3 Å². The number of thiophene rings is 1. The van der Waals surface area contributed by atoms with Gasteiger partial charge in [0.15, 0.2) is 0 Å². The predicted molar refractivity (Wildman–Crippen MR) is 88.6 cm³/mol. The Hall–Kier alpha value is -1.46. The zero-order valence-electron chi connectivity index (χ0n) is 12.9. The highest BCUT2D eigenvalue weighted by Crippen LogP contribution is 2.22. The minimum Gasteiger partial charge on any atom is -0.343 e. The molecule has 1 atom stereocenters. The molecule has 1 amide bonds. The largest absolute Gasteiger partial charge is 0.343 e. The highest BCUT2D eigenvalue weighted by atomic mass is 32.1. The van der Waals surface area contributed by atoms with Crippen LogP contribution >= 0.6 is 11.3 Å². The average molecular weight is 305 g/mol. The molecular formula is C16H23N3OS. The number of hydrogen-bond donors (Lipinski definition) is 1. The van der Waals surface area contributed by atoms with E-state index in [1.807, 2.05) is 31.0 Å². The van der Waals surface area contributed by atoms with Crippen molar-refractivity contribution in [1.29, 1.82) is 0 Å². The second kappa shape index (κ2) is 7.52. The van der Waals surface area contributed by atoms with Crippen molar-refractivity contribution in [2.24, 2.45) is 0 Å².